The lowest BCUT2D eigenvalue weighted by Crippen LogP contribution is -2.53. The summed E-state index contributed by atoms with van der Waals surface area (Å²) in [5.41, 5.74) is 8.65. The summed E-state index contributed by atoms with van der Waals surface area (Å²) in [4.78, 5) is 59.4. The molecule has 7 rings (SSSR count). The molecule has 3 fully saturated rings. The van der Waals surface area contributed by atoms with Crippen LogP contribution >= 0.6 is 0 Å². The summed E-state index contributed by atoms with van der Waals surface area (Å²) in [5, 5.41) is 21.4. The first-order chi connectivity index (χ1) is 25.6. The number of carbonyl (C=O) groups excluding carboxylic acids is 4. The molecule has 4 amide bonds. The Labute approximate surface area is 304 Å². The minimum absolute atomic E-state index is 0.0164. The molecule has 5 heterocycles. The maximum atomic E-state index is 15.2. The van der Waals surface area contributed by atoms with Crippen LogP contribution in [0.2, 0.25) is 0 Å². The minimum atomic E-state index is -0.805. The normalized spacial score (nSPS) is 18.3. The summed E-state index contributed by atoms with van der Waals surface area (Å²) in [7, 11) is 0. The van der Waals surface area contributed by atoms with Gasteiger partial charge < -0.3 is 26.2 Å². The molecule has 4 aromatic rings. The van der Waals surface area contributed by atoms with E-state index >= 15 is 4.39 Å². The minimum Gasteiger partial charge on any atom is -0.374 e. The summed E-state index contributed by atoms with van der Waals surface area (Å²) in [5.74, 6) is -2.43. The van der Waals surface area contributed by atoms with Gasteiger partial charge in [-0.05, 0) is 73.9 Å². The van der Waals surface area contributed by atoms with Crippen LogP contribution in [-0.4, -0.2) is 94.6 Å². The van der Waals surface area contributed by atoms with Gasteiger partial charge in [0.1, 0.15) is 17.6 Å². The molecule has 16 heteroatoms. The number of rotatable bonds is 9. The number of aromatic nitrogens is 3. The number of hydrogen-bond acceptors (Lipinski definition) is 11. The van der Waals surface area contributed by atoms with E-state index in [1.807, 2.05) is 30.3 Å². The SMILES string of the molecule is N#Cc1ccnc(C(=O)Nc2cn(-c3ccc(N4CCN(C5CCN(c6ccc(NC7CCC(=O)NC7=O)cc6F)CC5)CC4)cc3)nc2C(N)=O)c1. The van der Waals surface area contributed by atoms with Crippen molar-refractivity contribution in [3.63, 3.8) is 0 Å². The number of benzene rings is 2. The molecule has 1 atom stereocenters. The molecule has 3 aliphatic rings. The second-order valence-corrected chi connectivity index (χ2v) is 13.3. The number of carbonyl (C=O) groups is 4. The predicted molar refractivity (Wildman–Crippen MR) is 194 cm³/mol. The fraction of sp³-hybridized carbons (Fsp3) is 0.324. The third kappa shape index (κ3) is 7.80. The average molecular weight is 720 g/mol. The smallest absolute Gasteiger partial charge is 0.274 e. The number of nitriles is 1. The zero-order valence-corrected chi connectivity index (χ0v) is 28.8. The highest BCUT2D eigenvalue weighted by Crippen LogP contribution is 2.29. The van der Waals surface area contributed by atoms with E-state index in [9.17, 15) is 19.2 Å². The van der Waals surface area contributed by atoms with E-state index in [4.69, 9.17) is 11.0 Å². The number of nitrogens with one attached hydrogen (secondary N) is 3. The Bertz CT molecular complexity index is 2080. The summed E-state index contributed by atoms with van der Waals surface area (Å²) < 4.78 is 16.7. The van der Waals surface area contributed by atoms with Crippen molar-refractivity contribution in [3.05, 3.63) is 89.8 Å². The fourth-order valence-electron chi connectivity index (χ4n) is 7.11. The lowest BCUT2D eigenvalue weighted by molar-refractivity contribution is -0.133. The van der Waals surface area contributed by atoms with Crippen LogP contribution in [0.4, 0.5) is 27.1 Å². The first-order valence-corrected chi connectivity index (χ1v) is 17.5. The Morgan fingerprint density at radius 3 is 2.34 bits per heavy atom. The van der Waals surface area contributed by atoms with Gasteiger partial charge in [-0.1, -0.05) is 0 Å². The molecule has 272 valence electrons. The molecule has 2 aromatic heterocycles. The summed E-state index contributed by atoms with van der Waals surface area (Å²) in [6.07, 6.45) is 5.34. The van der Waals surface area contributed by atoms with Crippen molar-refractivity contribution in [1.29, 1.82) is 5.26 Å². The number of piperidine rings is 2. The maximum Gasteiger partial charge on any atom is 0.274 e. The molecule has 0 radical (unpaired) electrons. The highest BCUT2D eigenvalue weighted by atomic mass is 19.1. The Morgan fingerprint density at radius 1 is 0.925 bits per heavy atom. The number of amides is 4. The number of pyridine rings is 1. The van der Waals surface area contributed by atoms with Crippen molar-refractivity contribution in [2.75, 3.05) is 59.7 Å². The molecule has 1 unspecified atom stereocenters. The molecular weight excluding hydrogens is 681 g/mol. The molecule has 0 saturated carbocycles. The van der Waals surface area contributed by atoms with Crippen LogP contribution in [0.25, 0.3) is 5.69 Å². The molecule has 15 nitrogen and oxygen atoms in total. The van der Waals surface area contributed by atoms with Crippen molar-refractivity contribution in [2.24, 2.45) is 5.73 Å². The number of piperazine rings is 1. The topological polar surface area (TPSA) is 195 Å². The number of nitrogens with two attached hydrogens (primary N) is 1. The highest BCUT2D eigenvalue weighted by molar-refractivity contribution is 6.07. The Morgan fingerprint density at radius 2 is 1.66 bits per heavy atom. The van der Waals surface area contributed by atoms with Gasteiger partial charge in [-0.3, -0.25) is 34.4 Å². The largest absolute Gasteiger partial charge is 0.374 e. The zero-order chi connectivity index (χ0) is 37.1. The van der Waals surface area contributed by atoms with E-state index in [0.29, 0.717) is 29.5 Å². The lowest BCUT2D eigenvalue weighted by Gasteiger charge is -2.44. The van der Waals surface area contributed by atoms with Gasteiger partial charge in [0.15, 0.2) is 5.69 Å². The lowest BCUT2D eigenvalue weighted by atomic mass is 10.0. The number of hydrogen-bond donors (Lipinski definition) is 4. The summed E-state index contributed by atoms with van der Waals surface area (Å²) in [6, 6.07) is 17.3. The van der Waals surface area contributed by atoms with E-state index < -0.39 is 23.8 Å². The van der Waals surface area contributed by atoms with Crippen molar-refractivity contribution in [2.45, 2.75) is 37.8 Å². The van der Waals surface area contributed by atoms with E-state index in [-0.39, 0.29) is 40.8 Å². The third-order valence-electron chi connectivity index (χ3n) is 9.96. The van der Waals surface area contributed by atoms with Crippen LogP contribution in [0.3, 0.4) is 0 Å². The van der Waals surface area contributed by atoms with E-state index in [2.05, 4.69) is 40.7 Å². The van der Waals surface area contributed by atoms with Crippen molar-refractivity contribution in [1.82, 2.24) is 25.0 Å². The summed E-state index contributed by atoms with van der Waals surface area (Å²) in [6.45, 7) is 4.98. The Balaban J connectivity index is 0.907. The number of halogens is 1. The van der Waals surface area contributed by atoms with Crippen molar-refractivity contribution < 1.29 is 23.6 Å². The summed E-state index contributed by atoms with van der Waals surface area (Å²) >= 11 is 0. The van der Waals surface area contributed by atoms with Gasteiger partial charge in [0.2, 0.25) is 11.8 Å². The van der Waals surface area contributed by atoms with E-state index in [1.165, 1.54) is 35.3 Å². The second kappa shape index (κ2) is 15.1. The van der Waals surface area contributed by atoms with Crippen molar-refractivity contribution >= 4 is 46.4 Å². The monoisotopic (exact) mass is 719 g/mol. The zero-order valence-electron chi connectivity index (χ0n) is 28.8. The van der Waals surface area contributed by atoms with Gasteiger partial charge in [-0.15, -0.1) is 0 Å². The molecule has 0 bridgehead atoms. The molecule has 3 aliphatic heterocycles. The molecule has 5 N–H and O–H groups in total. The van der Waals surface area contributed by atoms with Gasteiger partial charge in [-0.2, -0.15) is 10.4 Å². The highest BCUT2D eigenvalue weighted by Gasteiger charge is 2.30. The quantitative estimate of drug-likeness (QED) is 0.186. The molecule has 2 aromatic carbocycles. The van der Waals surface area contributed by atoms with Crippen LogP contribution in [0.5, 0.6) is 0 Å². The number of primary amides is 1. The van der Waals surface area contributed by atoms with Gasteiger partial charge in [0.25, 0.3) is 11.8 Å². The number of nitrogens with zero attached hydrogens (tertiary/aromatic N) is 7. The maximum absolute atomic E-state index is 15.2. The fourth-order valence-corrected chi connectivity index (χ4v) is 7.11. The number of imide groups is 1. The Kier molecular flexibility index (Phi) is 9.99. The molecular formula is C37H38FN11O4. The number of anilines is 4. The van der Waals surface area contributed by atoms with Gasteiger partial charge >= 0.3 is 0 Å². The molecule has 0 spiro atoms. The van der Waals surface area contributed by atoms with Gasteiger partial charge in [0, 0.05) is 69.3 Å². The van der Waals surface area contributed by atoms with E-state index in [1.54, 1.807) is 12.1 Å². The molecule has 53 heavy (non-hydrogen) atoms. The van der Waals surface area contributed by atoms with Gasteiger partial charge in [0.05, 0.1) is 34.9 Å². The van der Waals surface area contributed by atoms with Crippen LogP contribution in [0, 0.1) is 17.1 Å². The van der Waals surface area contributed by atoms with Crippen molar-refractivity contribution in [3.8, 4) is 11.8 Å². The standard InChI is InChI=1S/C37H38FN11O4/c38-28-20-24(42-29-6-8-33(50)44-36(29)52)1-7-32(28)48-13-10-26(11-14-48)47-17-15-46(16-18-47)25-2-4-27(5-3-25)49-22-31(34(45-49)35(40)51)43-37(53)30-19-23(21-39)9-12-41-30/h1-5,7,9,12,19-20,22,26,29,42H,6,8,10-11,13-18H2,(H2,40,51)(H,43,53)(H,44,50,52). The Hall–Kier alpha value is -6.34. The van der Waals surface area contributed by atoms with Crippen LogP contribution < -0.4 is 31.5 Å². The third-order valence-corrected chi connectivity index (χ3v) is 9.96. The van der Waals surface area contributed by atoms with E-state index in [0.717, 1.165) is 57.8 Å². The molecule has 0 aliphatic carbocycles. The van der Waals surface area contributed by atoms with Crippen LogP contribution in [-0.2, 0) is 9.59 Å². The first kappa shape index (κ1) is 35.1. The second-order valence-electron chi connectivity index (χ2n) is 13.3. The predicted octanol–water partition coefficient (Wildman–Crippen LogP) is 2.64. The van der Waals surface area contributed by atoms with Crippen LogP contribution in [0.15, 0.2) is 67.0 Å². The molecule has 3 saturated heterocycles. The first-order valence-electron chi connectivity index (χ1n) is 17.5. The average Bonchev–Trinajstić information content (AvgIpc) is 3.60. The van der Waals surface area contributed by atoms with Gasteiger partial charge in [-0.25, -0.2) is 9.07 Å². The van der Waals surface area contributed by atoms with Crippen LogP contribution in [0.1, 0.15) is 52.2 Å².